The molecule has 2 unspecified atom stereocenters. The number of nitrogens with zero attached hydrogens (tertiary/aromatic N) is 1. The van der Waals surface area contributed by atoms with Crippen molar-refractivity contribution in [3.63, 3.8) is 0 Å². The second kappa shape index (κ2) is 15.2. The van der Waals surface area contributed by atoms with Crippen molar-refractivity contribution in [2.75, 3.05) is 27.2 Å². The minimum atomic E-state index is -3.84. The van der Waals surface area contributed by atoms with Gasteiger partial charge in [-0.05, 0) is 51.5 Å². The summed E-state index contributed by atoms with van der Waals surface area (Å²) < 4.78 is 37.6. The third-order valence-electron chi connectivity index (χ3n) is 5.90. The Hall–Kier alpha value is -4.16. The Labute approximate surface area is 248 Å². The summed E-state index contributed by atoms with van der Waals surface area (Å²) in [6.07, 6.45) is 2.32. The molecule has 0 fully saturated rings. The minimum absolute atomic E-state index is 0.0467. The number of benzene rings is 2. The SMILES string of the molecule is C=CCC(NC(=O)OC(C)(C)C)C(=O)NC(CNC(=O)c1cccc(S(=O)(=O)N(C)CC=C)c1)c1ccccc1OC. The van der Waals surface area contributed by atoms with Crippen LogP contribution in [0.15, 0.2) is 78.7 Å². The van der Waals surface area contributed by atoms with E-state index in [1.54, 1.807) is 45.0 Å². The molecule has 0 spiro atoms. The van der Waals surface area contributed by atoms with Crippen LogP contribution in [0, 0.1) is 0 Å². The smallest absolute Gasteiger partial charge is 0.408 e. The topological polar surface area (TPSA) is 143 Å². The maximum Gasteiger partial charge on any atom is 0.408 e. The van der Waals surface area contributed by atoms with Gasteiger partial charge in [-0.3, -0.25) is 9.59 Å². The molecule has 2 atom stereocenters. The van der Waals surface area contributed by atoms with Gasteiger partial charge in [-0.25, -0.2) is 13.2 Å². The predicted molar refractivity (Wildman–Crippen MR) is 161 cm³/mol. The van der Waals surface area contributed by atoms with Crippen molar-refractivity contribution in [3.8, 4) is 5.75 Å². The molecule has 228 valence electrons. The lowest BCUT2D eigenvalue weighted by Crippen LogP contribution is -2.50. The molecule has 0 saturated carbocycles. The molecular formula is C30H40N4O7S. The van der Waals surface area contributed by atoms with Crippen LogP contribution in [0.4, 0.5) is 4.79 Å². The lowest BCUT2D eigenvalue weighted by molar-refractivity contribution is -0.123. The predicted octanol–water partition coefficient (Wildman–Crippen LogP) is 3.56. The van der Waals surface area contributed by atoms with E-state index in [2.05, 4.69) is 29.1 Å². The zero-order chi connectivity index (χ0) is 31.5. The molecule has 0 radical (unpaired) electrons. The van der Waals surface area contributed by atoms with E-state index < -0.39 is 45.6 Å². The fourth-order valence-electron chi connectivity index (χ4n) is 3.87. The molecule has 3 amide bonds. The van der Waals surface area contributed by atoms with Crippen LogP contribution in [0.25, 0.3) is 0 Å². The van der Waals surface area contributed by atoms with E-state index >= 15 is 0 Å². The average molecular weight is 601 g/mol. The zero-order valence-corrected chi connectivity index (χ0v) is 25.5. The van der Waals surface area contributed by atoms with Gasteiger partial charge < -0.3 is 25.4 Å². The normalized spacial score (nSPS) is 12.9. The van der Waals surface area contributed by atoms with E-state index in [1.807, 2.05) is 0 Å². The van der Waals surface area contributed by atoms with Gasteiger partial charge in [0.05, 0.1) is 18.0 Å². The van der Waals surface area contributed by atoms with Gasteiger partial charge in [0.25, 0.3) is 5.91 Å². The van der Waals surface area contributed by atoms with Crippen LogP contribution < -0.4 is 20.7 Å². The molecule has 0 saturated heterocycles. The molecule has 2 aromatic rings. The largest absolute Gasteiger partial charge is 0.496 e. The summed E-state index contributed by atoms with van der Waals surface area (Å²) in [5.74, 6) is -0.623. The Morgan fingerprint density at radius 1 is 1.02 bits per heavy atom. The molecule has 0 aliphatic rings. The van der Waals surface area contributed by atoms with Crippen molar-refractivity contribution in [2.45, 2.75) is 49.8 Å². The van der Waals surface area contributed by atoms with Gasteiger partial charge in [0.15, 0.2) is 0 Å². The number of nitrogens with one attached hydrogen (secondary N) is 3. The van der Waals surface area contributed by atoms with Crippen LogP contribution in [-0.4, -0.2) is 69.5 Å². The van der Waals surface area contributed by atoms with Crippen LogP contribution in [-0.2, 0) is 19.6 Å². The third-order valence-corrected chi connectivity index (χ3v) is 7.72. The van der Waals surface area contributed by atoms with E-state index in [0.29, 0.717) is 11.3 Å². The molecule has 0 aromatic heterocycles. The number of hydrogen-bond donors (Lipinski definition) is 3. The van der Waals surface area contributed by atoms with Crippen LogP contribution in [0.5, 0.6) is 5.75 Å². The zero-order valence-electron chi connectivity index (χ0n) is 24.7. The molecule has 2 aromatic carbocycles. The van der Waals surface area contributed by atoms with Gasteiger partial charge in [-0.2, -0.15) is 4.31 Å². The van der Waals surface area contributed by atoms with Gasteiger partial charge >= 0.3 is 6.09 Å². The number of methoxy groups -OCH3 is 1. The molecule has 0 bridgehead atoms. The van der Waals surface area contributed by atoms with Crippen molar-refractivity contribution < 1.29 is 32.3 Å². The highest BCUT2D eigenvalue weighted by Crippen LogP contribution is 2.25. The molecule has 42 heavy (non-hydrogen) atoms. The highest BCUT2D eigenvalue weighted by molar-refractivity contribution is 7.89. The fourth-order valence-corrected chi connectivity index (χ4v) is 5.06. The first kappa shape index (κ1) is 34.0. The van der Waals surface area contributed by atoms with E-state index in [9.17, 15) is 22.8 Å². The number of para-hydroxylation sites is 1. The number of sulfonamides is 1. The Bertz CT molecular complexity index is 1390. The maximum atomic E-state index is 13.3. The Kier molecular flexibility index (Phi) is 12.3. The van der Waals surface area contributed by atoms with Crippen LogP contribution >= 0.6 is 0 Å². The molecule has 12 heteroatoms. The number of alkyl carbamates (subject to hydrolysis) is 1. The number of likely N-dealkylation sites (N-methyl/N-ethyl adjacent to an activating group) is 1. The molecular weight excluding hydrogens is 560 g/mol. The van der Waals surface area contributed by atoms with E-state index in [1.165, 1.54) is 50.6 Å². The van der Waals surface area contributed by atoms with Crippen LogP contribution in [0.1, 0.15) is 49.2 Å². The van der Waals surface area contributed by atoms with Gasteiger partial charge in [0.1, 0.15) is 17.4 Å². The molecule has 3 N–H and O–H groups in total. The molecule has 0 aliphatic carbocycles. The molecule has 0 aliphatic heterocycles. The number of amides is 3. The number of carbonyl (C=O) groups excluding carboxylic acids is 3. The highest BCUT2D eigenvalue weighted by atomic mass is 32.2. The van der Waals surface area contributed by atoms with Crippen molar-refractivity contribution in [2.24, 2.45) is 0 Å². The summed E-state index contributed by atoms with van der Waals surface area (Å²) in [6.45, 7) is 12.4. The Morgan fingerprint density at radius 2 is 1.71 bits per heavy atom. The first-order valence-electron chi connectivity index (χ1n) is 13.2. The van der Waals surface area contributed by atoms with Crippen LogP contribution in [0.2, 0.25) is 0 Å². The molecule has 11 nitrogen and oxygen atoms in total. The fraction of sp³-hybridized carbons (Fsp3) is 0.367. The van der Waals surface area contributed by atoms with Gasteiger partial charge in [-0.1, -0.05) is 36.4 Å². The van der Waals surface area contributed by atoms with Crippen molar-refractivity contribution in [1.82, 2.24) is 20.3 Å². The standard InChI is InChI=1S/C30H40N4O7S/c1-8-13-24(33-29(37)41-30(3,4)5)28(36)32-25(23-16-10-11-17-26(23)40-7)20-31-27(35)21-14-12-15-22(19-21)42(38,39)34(6)18-9-2/h8-12,14-17,19,24-25H,1-2,13,18,20H2,3-7H3,(H,31,35)(H,32,36)(H,33,37). The van der Waals surface area contributed by atoms with Gasteiger partial charge in [-0.15, -0.1) is 13.2 Å². The Balaban J connectivity index is 2.30. The number of carbonyl (C=O) groups is 3. The second-order valence-electron chi connectivity index (χ2n) is 10.3. The first-order valence-corrected chi connectivity index (χ1v) is 14.7. The van der Waals surface area contributed by atoms with E-state index in [4.69, 9.17) is 9.47 Å². The summed E-state index contributed by atoms with van der Waals surface area (Å²) in [4.78, 5) is 38.8. The number of ether oxygens (including phenoxy) is 2. The monoisotopic (exact) mass is 600 g/mol. The lowest BCUT2D eigenvalue weighted by atomic mass is 10.0. The average Bonchev–Trinajstić information content (AvgIpc) is 2.93. The summed E-state index contributed by atoms with van der Waals surface area (Å²) in [5, 5.41) is 8.19. The van der Waals surface area contributed by atoms with Gasteiger partial charge in [0.2, 0.25) is 15.9 Å². The summed E-state index contributed by atoms with van der Waals surface area (Å²) in [7, 11) is -0.937. The van der Waals surface area contributed by atoms with E-state index in [-0.39, 0.29) is 30.0 Å². The first-order chi connectivity index (χ1) is 19.7. The van der Waals surface area contributed by atoms with Crippen molar-refractivity contribution in [3.05, 3.63) is 85.0 Å². The maximum absolute atomic E-state index is 13.3. The van der Waals surface area contributed by atoms with E-state index in [0.717, 1.165) is 4.31 Å². The Morgan fingerprint density at radius 3 is 2.33 bits per heavy atom. The molecule has 0 heterocycles. The number of rotatable bonds is 14. The summed E-state index contributed by atoms with van der Waals surface area (Å²) >= 11 is 0. The lowest BCUT2D eigenvalue weighted by Gasteiger charge is -2.26. The minimum Gasteiger partial charge on any atom is -0.496 e. The van der Waals surface area contributed by atoms with Gasteiger partial charge in [0, 0.05) is 31.3 Å². The second-order valence-corrected chi connectivity index (χ2v) is 12.4. The highest BCUT2D eigenvalue weighted by Gasteiger charge is 2.27. The summed E-state index contributed by atoms with van der Waals surface area (Å²) in [6, 6.07) is 10.8. The van der Waals surface area contributed by atoms with Crippen molar-refractivity contribution in [1.29, 1.82) is 0 Å². The van der Waals surface area contributed by atoms with Crippen molar-refractivity contribution >= 4 is 27.9 Å². The summed E-state index contributed by atoms with van der Waals surface area (Å²) in [5.41, 5.74) is -0.0729. The molecule has 2 rings (SSSR count). The third kappa shape index (κ3) is 9.74. The number of hydrogen-bond acceptors (Lipinski definition) is 7. The van der Waals surface area contributed by atoms with Crippen LogP contribution in [0.3, 0.4) is 0 Å². The quantitative estimate of drug-likeness (QED) is 0.282.